The molecule has 2 amide bonds. The van der Waals surface area contributed by atoms with Crippen molar-refractivity contribution in [1.82, 2.24) is 9.80 Å². The van der Waals surface area contributed by atoms with Gasteiger partial charge in [-0.15, -0.1) is 0 Å². The van der Waals surface area contributed by atoms with Crippen LogP contribution in [0.5, 0.6) is 0 Å². The van der Waals surface area contributed by atoms with E-state index in [2.05, 4.69) is 14.7 Å². The van der Waals surface area contributed by atoms with Gasteiger partial charge in [-0.25, -0.2) is 13.7 Å². The van der Waals surface area contributed by atoms with Gasteiger partial charge in [0.2, 0.25) is 5.91 Å². The third-order valence-electron chi connectivity index (χ3n) is 7.17. The SMILES string of the molecule is O=C1CC(N2CCC(N3CCN(c4ccc(F)cc4)CC3)CC2)C(=O)N1c1ccc(F)cc1. The molecule has 0 aliphatic carbocycles. The first-order valence-electron chi connectivity index (χ1n) is 11.6. The van der Waals surface area contributed by atoms with Gasteiger partial charge in [0.1, 0.15) is 11.6 Å². The second-order valence-electron chi connectivity index (χ2n) is 9.03. The molecule has 2 aromatic carbocycles. The number of halogens is 2. The predicted molar refractivity (Wildman–Crippen MR) is 122 cm³/mol. The molecule has 1 unspecified atom stereocenters. The number of piperidine rings is 1. The number of benzene rings is 2. The zero-order chi connectivity index (χ0) is 22.9. The molecule has 0 radical (unpaired) electrons. The largest absolute Gasteiger partial charge is 0.369 e. The van der Waals surface area contributed by atoms with Crippen LogP contribution in [0, 0.1) is 11.6 Å². The molecule has 5 rings (SSSR count). The van der Waals surface area contributed by atoms with Crippen molar-refractivity contribution in [3.05, 3.63) is 60.2 Å². The number of hydrogen-bond acceptors (Lipinski definition) is 5. The van der Waals surface area contributed by atoms with Crippen molar-refractivity contribution in [1.29, 1.82) is 0 Å². The summed E-state index contributed by atoms with van der Waals surface area (Å²) in [6.45, 7) is 5.30. The Morgan fingerprint density at radius 2 is 1.21 bits per heavy atom. The van der Waals surface area contributed by atoms with Crippen LogP contribution in [0.3, 0.4) is 0 Å². The Balaban J connectivity index is 1.14. The average Bonchev–Trinajstić information content (AvgIpc) is 3.14. The Morgan fingerprint density at radius 3 is 1.79 bits per heavy atom. The second kappa shape index (κ2) is 9.19. The molecule has 6 nitrogen and oxygen atoms in total. The predicted octanol–water partition coefficient (Wildman–Crippen LogP) is 2.88. The average molecular weight is 455 g/mol. The molecule has 0 saturated carbocycles. The number of nitrogens with zero attached hydrogens (tertiary/aromatic N) is 4. The first-order valence-corrected chi connectivity index (χ1v) is 11.6. The molecule has 2 aromatic rings. The van der Waals surface area contributed by atoms with E-state index in [1.807, 2.05) is 12.1 Å². The van der Waals surface area contributed by atoms with Crippen molar-refractivity contribution >= 4 is 23.2 Å². The Morgan fingerprint density at radius 1 is 0.667 bits per heavy atom. The number of anilines is 2. The Kier molecular flexibility index (Phi) is 6.12. The van der Waals surface area contributed by atoms with Crippen LogP contribution in [0.1, 0.15) is 19.3 Å². The molecule has 3 heterocycles. The lowest BCUT2D eigenvalue weighted by Crippen LogP contribution is -2.55. The van der Waals surface area contributed by atoms with Crippen LogP contribution in [-0.4, -0.2) is 73.0 Å². The number of rotatable bonds is 4. The van der Waals surface area contributed by atoms with E-state index in [0.717, 1.165) is 57.8 Å². The smallest absolute Gasteiger partial charge is 0.251 e. The third kappa shape index (κ3) is 4.50. The highest BCUT2D eigenvalue weighted by Gasteiger charge is 2.43. The van der Waals surface area contributed by atoms with Gasteiger partial charge in [-0.05, 0) is 61.4 Å². The summed E-state index contributed by atoms with van der Waals surface area (Å²) in [7, 11) is 0. The van der Waals surface area contributed by atoms with Gasteiger partial charge in [0.15, 0.2) is 0 Å². The van der Waals surface area contributed by atoms with E-state index in [9.17, 15) is 18.4 Å². The molecule has 3 fully saturated rings. The molecule has 3 saturated heterocycles. The number of hydrogen-bond donors (Lipinski definition) is 0. The molecular formula is C25H28F2N4O2. The Hall–Kier alpha value is -2.84. The summed E-state index contributed by atoms with van der Waals surface area (Å²) in [4.78, 5) is 33.7. The van der Waals surface area contributed by atoms with E-state index in [-0.39, 0.29) is 24.1 Å². The van der Waals surface area contributed by atoms with Crippen molar-refractivity contribution in [3.8, 4) is 0 Å². The fourth-order valence-electron chi connectivity index (χ4n) is 5.32. The van der Waals surface area contributed by atoms with Crippen molar-refractivity contribution in [3.63, 3.8) is 0 Å². The Labute approximate surface area is 192 Å². The monoisotopic (exact) mass is 454 g/mol. The van der Waals surface area contributed by atoms with E-state index >= 15 is 0 Å². The number of carbonyl (C=O) groups is 2. The normalized spacial score (nSPS) is 23.5. The Bertz CT molecular complexity index is 998. The number of carbonyl (C=O) groups excluding carboxylic acids is 2. The maximum atomic E-state index is 13.2. The molecule has 8 heteroatoms. The van der Waals surface area contributed by atoms with E-state index in [4.69, 9.17) is 0 Å². The number of likely N-dealkylation sites (tertiary alicyclic amines) is 1. The minimum atomic E-state index is -0.432. The van der Waals surface area contributed by atoms with Crippen LogP contribution < -0.4 is 9.80 Å². The molecule has 3 aliphatic heterocycles. The summed E-state index contributed by atoms with van der Waals surface area (Å²) in [6.07, 6.45) is 2.10. The molecule has 0 bridgehead atoms. The summed E-state index contributed by atoms with van der Waals surface area (Å²) in [6, 6.07) is 12.2. The highest BCUT2D eigenvalue weighted by molar-refractivity contribution is 6.22. The van der Waals surface area contributed by atoms with E-state index in [1.54, 1.807) is 0 Å². The maximum absolute atomic E-state index is 13.2. The fourth-order valence-corrected chi connectivity index (χ4v) is 5.32. The molecule has 0 N–H and O–H groups in total. The van der Waals surface area contributed by atoms with Gasteiger partial charge < -0.3 is 4.90 Å². The van der Waals surface area contributed by atoms with Crippen molar-refractivity contribution < 1.29 is 18.4 Å². The lowest BCUT2D eigenvalue weighted by molar-refractivity contribution is -0.123. The summed E-state index contributed by atoms with van der Waals surface area (Å²) >= 11 is 0. The quantitative estimate of drug-likeness (QED) is 0.665. The van der Waals surface area contributed by atoms with Crippen LogP contribution in [0.4, 0.5) is 20.2 Å². The summed E-state index contributed by atoms with van der Waals surface area (Å²) in [5.41, 5.74) is 1.49. The van der Waals surface area contributed by atoms with Crippen LogP contribution in [0.25, 0.3) is 0 Å². The third-order valence-corrected chi connectivity index (χ3v) is 7.17. The van der Waals surface area contributed by atoms with Gasteiger partial charge >= 0.3 is 0 Å². The minimum Gasteiger partial charge on any atom is -0.369 e. The maximum Gasteiger partial charge on any atom is 0.251 e. The van der Waals surface area contributed by atoms with Crippen molar-refractivity contribution in [2.75, 3.05) is 49.1 Å². The zero-order valence-electron chi connectivity index (χ0n) is 18.5. The summed E-state index contributed by atoms with van der Waals surface area (Å²) in [5.74, 6) is -1.05. The lowest BCUT2D eigenvalue weighted by Gasteiger charge is -2.44. The summed E-state index contributed by atoms with van der Waals surface area (Å²) < 4.78 is 26.4. The molecular weight excluding hydrogens is 426 g/mol. The lowest BCUT2D eigenvalue weighted by atomic mass is 10.00. The number of amides is 2. The van der Waals surface area contributed by atoms with Crippen molar-refractivity contribution in [2.45, 2.75) is 31.3 Å². The number of piperazine rings is 1. The molecule has 0 spiro atoms. The number of imide groups is 1. The minimum absolute atomic E-state index is 0.178. The van der Waals surface area contributed by atoms with Gasteiger partial charge in [-0.2, -0.15) is 0 Å². The van der Waals surface area contributed by atoms with E-state index in [0.29, 0.717) is 11.7 Å². The fraction of sp³-hybridized carbons (Fsp3) is 0.440. The molecule has 3 aliphatic rings. The molecule has 33 heavy (non-hydrogen) atoms. The highest BCUT2D eigenvalue weighted by atomic mass is 19.1. The van der Waals surface area contributed by atoms with Gasteiger partial charge in [-0.3, -0.25) is 19.4 Å². The van der Waals surface area contributed by atoms with Gasteiger partial charge in [0.05, 0.1) is 18.2 Å². The topological polar surface area (TPSA) is 47.1 Å². The first kappa shape index (κ1) is 22.0. The van der Waals surface area contributed by atoms with Crippen LogP contribution in [0.2, 0.25) is 0 Å². The molecule has 174 valence electrons. The second-order valence-corrected chi connectivity index (χ2v) is 9.03. The van der Waals surface area contributed by atoms with Gasteiger partial charge in [-0.1, -0.05) is 0 Å². The van der Waals surface area contributed by atoms with Gasteiger partial charge in [0, 0.05) is 51.0 Å². The van der Waals surface area contributed by atoms with Crippen LogP contribution >= 0.6 is 0 Å². The van der Waals surface area contributed by atoms with Crippen LogP contribution in [-0.2, 0) is 9.59 Å². The standard InChI is InChI=1S/C25H28F2N4O2/c26-18-1-5-20(6-2-18)28-13-15-29(16-14-28)21-9-11-30(12-10-21)23-17-24(32)31(25(23)33)22-7-3-19(27)4-8-22/h1-8,21,23H,9-17H2. The van der Waals surface area contributed by atoms with Crippen molar-refractivity contribution in [2.24, 2.45) is 0 Å². The summed E-state index contributed by atoms with van der Waals surface area (Å²) in [5, 5.41) is 0. The van der Waals surface area contributed by atoms with E-state index in [1.165, 1.54) is 41.3 Å². The van der Waals surface area contributed by atoms with E-state index < -0.39 is 11.9 Å². The van der Waals surface area contributed by atoms with Gasteiger partial charge in [0.25, 0.3) is 5.91 Å². The molecule has 1 atom stereocenters. The molecule has 0 aromatic heterocycles. The highest BCUT2D eigenvalue weighted by Crippen LogP contribution is 2.29. The van der Waals surface area contributed by atoms with Crippen LogP contribution in [0.15, 0.2) is 48.5 Å². The first-order chi connectivity index (χ1) is 16.0. The zero-order valence-corrected chi connectivity index (χ0v) is 18.5.